The average molecular weight is 200 g/mol. The van der Waals surface area contributed by atoms with Gasteiger partial charge in [0.25, 0.3) is 0 Å². The summed E-state index contributed by atoms with van der Waals surface area (Å²) in [6.45, 7) is 5.69. The van der Waals surface area contributed by atoms with Gasteiger partial charge in [0.1, 0.15) is 5.67 Å². The Labute approximate surface area is 86.1 Å². The summed E-state index contributed by atoms with van der Waals surface area (Å²) in [4.78, 5) is 4.72. The SMILES string of the molecule is CN1CCC(N2CCC(C)(F)C2)CC1. The third kappa shape index (κ3) is 2.26. The second kappa shape index (κ2) is 3.78. The summed E-state index contributed by atoms with van der Waals surface area (Å²) in [6.07, 6.45) is 3.15. The van der Waals surface area contributed by atoms with E-state index in [1.165, 1.54) is 25.9 Å². The minimum Gasteiger partial charge on any atom is -0.306 e. The van der Waals surface area contributed by atoms with Gasteiger partial charge in [-0.05, 0) is 46.3 Å². The van der Waals surface area contributed by atoms with Crippen LogP contribution in [0.1, 0.15) is 26.2 Å². The summed E-state index contributed by atoms with van der Waals surface area (Å²) in [7, 11) is 2.17. The maximum Gasteiger partial charge on any atom is 0.122 e. The Kier molecular flexibility index (Phi) is 2.80. The van der Waals surface area contributed by atoms with E-state index in [4.69, 9.17) is 0 Å². The molecule has 0 aliphatic carbocycles. The number of hydrogen-bond acceptors (Lipinski definition) is 2. The molecule has 1 unspecified atom stereocenters. The van der Waals surface area contributed by atoms with Crippen LogP contribution in [0.5, 0.6) is 0 Å². The topological polar surface area (TPSA) is 6.48 Å². The molecule has 2 nitrogen and oxygen atoms in total. The first-order chi connectivity index (χ1) is 6.57. The highest BCUT2D eigenvalue weighted by Crippen LogP contribution is 2.29. The lowest BCUT2D eigenvalue weighted by atomic mass is 10.0. The molecule has 2 fully saturated rings. The molecule has 0 aromatic heterocycles. The molecular formula is C11H21FN2. The molecule has 3 heteroatoms. The standard InChI is InChI=1S/C11H21FN2/c1-11(12)5-8-14(9-11)10-3-6-13(2)7-4-10/h10H,3-9H2,1-2H3. The van der Waals surface area contributed by atoms with E-state index in [1.807, 2.05) is 0 Å². The number of piperidine rings is 1. The van der Waals surface area contributed by atoms with E-state index in [-0.39, 0.29) is 0 Å². The van der Waals surface area contributed by atoms with Gasteiger partial charge in [-0.3, -0.25) is 4.90 Å². The van der Waals surface area contributed by atoms with Gasteiger partial charge in [0.15, 0.2) is 0 Å². The molecule has 0 radical (unpaired) electrons. The van der Waals surface area contributed by atoms with Crippen LogP contribution >= 0.6 is 0 Å². The van der Waals surface area contributed by atoms with Crippen molar-refractivity contribution in [2.24, 2.45) is 0 Å². The van der Waals surface area contributed by atoms with E-state index < -0.39 is 5.67 Å². The monoisotopic (exact) mass is 200 g/mol. The molecule has 2 aliphatic rings. The lowest BCUT2D eigenvalue weighted by Crippen LogP contribution is -2.43. The zero-order chi connectivity index (χ0) is 10.2. The number of likely N-dealkylation sites (tertiary alicyclic amines) is 2. The van der Waals surface area contributed by atoms with Crippen molar-refractivity contribution in [2.75, 3.05) is 33.2 Å². The van der Waals surface area contributed by atoms with Crippen molar-refractivity contribution >= 4 is 0 Å². The Morgan fingerprint density at radius 1 is 1.21 bits per heavy atom. The molecular weight excluding hydrogens is 179 g/mol. The van der Waals surface area contributed by atoms with Crippen molar-refractivity contribution in [2.45, 2.75) is 37.9 Å². The third-order valence-electron chi connectivity index (χ3n) is 3.66. The second-order valence-electron chi connectivity index (χ2n) is 5.17. The van der Waals surface area contributed by atoms with Crippen LogP contribution < -0.4 is 0 Å². The molecule has 2 saturated heterocycles. The number of nitrogens with zero attached hydrogens (tertiary/aromatic N) is 2. The highest BCUT2D eigenvalue weighted by Gasteiger charge is 2.37. The largest absolute Gasteiger partial charge is 0.306 e. The maximum atomic E-state index is 13.6. The van der Waals surface area contributed by atoms with Crippen LogP contribution in [0, 0.1) is 0 Å². The summed E-state index contributed by atoms with van der Waals surface area (Å²) in [5.41, 5.74) is -0.927. The number of halogens is 1. The van der Waals surface area contributed by atoms with E-state index in [1.54, 1.807) is 6.92 Å². The van der Waals surface area contributed by atoms with Gasteiger partial charge in [-0.25, -0.2) is 4.39 Å². The second-order valence-corrected chi connectivity index (χ2v) is 5.17. The number of alkyl halides is 1. The number of rotatable bonds is 1. The quantitative estimate of drug-likeness (QED) is 0.633. The zero-order valence-electron chi connectivity index (χ0n) is 9.30. The molecule has 2 aliphatic heterocycles. The van der Waals surface area contributed by atoms with Crippen LogP contribution in [0.15, 0.2) is 0 Å². The van der Waals surface area contributed by atoms with Crippen LogP contribution in [0.4, 0.5) is 4.39 Å². The molecule has 1 atom stereocenters. The fourth-order valence-corrected chi connectivity index (χ4v) is 2.63. The fourth-order valence-electron chi connectivity index (χ4n) is 2.63. The van der Waals surface area contributed by atoms with Gasteiger partial charge in [-0.15, -0.1) is 0 Å². The van der Waals surface area contributed by atoms with Gasteiger partial charge in [-0.1, -0.05) is 0 Å². The lowest BCUT2D eigenvalue weighted by molar-refractivity contribution is 0.118. The molecule has 0 bridgehead atoms. The summed E-state index contributed by atoms with van der Waals surface area (Å²) in [5.74, 6) is 0. The third-order valence-corrected chi connectivity index (χ3v) is 3.66. The van der Waals surface area contributed by atoms with Gasteiger partial charge in [-0.2, -0.15) is 0 Å². The van der Waals surface area contributed by atoms with Gasteiger partial charge in [0.2, 0.25) is 0 Å². The molecule has 82 valence electrons. The van der Waals surface area contributed by atoms with Crippen molar-refractivity contribution < 1.29 is 4.39 Å². The van der Waals surface area contributed by atoms with Crippen LogP contribution in [-0.2, 0) is 0 Å². The Hall–Kier alpha value is -0.150. The van der Waals surface area contributed by atoms with Crippen LogP contribution in [0.3, 0.4) is 0 Å². The molecule has 0 aromatic rings. The highest BCUT2D eigenvalue weighted by atomic mass is 19.1. The van der Waals surface area contributed by atoms with E-state index in [0.29, 0.717) is 12.6 Å². The first kappa shape index (κ1) is 10.4. The molecule has 2 heterocycles. The molecule has 2 rings (SSSR count). The smallest absolute Gasteiger partial charge is 0.122 e. The molecule has 0 spiro atoms. The van der Waals surface area contributed by atoms with Crippen molar-refractivity contribution in [3.05, 3.63) is 0 Å². The zero-order valence-corrected chi connectivity index (χ0v) is 9.30. The van der Waals surface area contributed by atoms with Crippen molar-refractivity contribution in [3.63, 3.8) is 0 Å². The highest BCUT2D eigenvalue weighted by molar-refractivity contribution is 4.91. The van der Waals surface area contributed by atoms with Crippen molar-refractivity contribution in [1.29, 1.82) is 0 Å². The molecule has 0 saturated carbocycles. The Morgan fingerprint density at radius 3 is 2.36 bits per heavy atom. The van der Waals surface area contributed by atoms with Gasteiger partial charge in [0, 0.05) is 19.1 Å². The fraction of sp³-hybridized carbons (Fsp3) is 1.00. The average Bonchev–Trinajstić information content (AvgIpc) is 2.47. The molecule has 0 N–H and O–H groups in total. The van der Waals surface area contributed by atoms with E-state index in [0.717, 1.165) is 13.0 Å². The van der Waals surface area contributed by atoms with Crippen LogP contribution in [0.2, 0.25) is 0 Å². The minimum atomic E-state index is -0.927. The molecule has 14 heavy (non-hydrogen) atoms. The van der Waals surface area contributed by atoms with Gasteiger partial charge in [0.05, 0.1) is 0 Å². The Bertz CT molecular complexity index is 197. The minimum absolute atomic E-state index is 0.642. The molecule has 0 aromatic carbocycles. The first-order valence-corrected chi connectivity index (χ1v) is 5.68. The van der Waals surface area contributed by atoms with Crippen molar-refractivity contribution in [1.82, 2.24) is 9.80 Å². The summed E-state index contributed by atoms with van der Waals surface area (Å²) in [6, 6.07) is 0.642. The summed E-state index contributed by atoms with van der Waals surface area (Å²) >= 11 is 0. The van der Waals surface area contributed by atoms with Crippen LogP contribution in [-0.4, -0.2) is 54.7 Å². The molecule has 0 amide bonds. The number of hydrogen-bond donors (Lipinski definition) is 0. The Morgan fingerprint density at radius 2 is 1.86 bits per heavy atom. The van der Waals surface area contributed by atoms with Gasteiger partial charge < -0.3 is 4.90 Å². The Balaban J connectivity index is 1.85. The first-order valence-electron chi connectivity index (χ1n) is 5.68. The van der Waals surface area contributed by atoms with E-state index in [9.17, 15) is 4.39 Å². The predicted molar refractivity (Wildman–Crippen MR) is 56.2 cm³/mol. The maximum absolute atomic E-state index is 13.6. The van der Waals surface area contributed by atoms with Gasteiger partial charge >= 0.3 is 0 Å². The van der Waals surface area contributed by atoms with E-state index >= 15 is 0 Å². The predicted octanol–water partition coefficient (Wildman–Crippen LogP) is 1.51. The lowest BCUT2D eigenvalue weighted by Gasteiger charge is -2.35. The normalized spacial score (nSPS) is 37.9. The summed E-state index contributed by atoms with van der Waals surface area (Å²) in [5, 5.41) is 0. The van der Waals surface area contributed by atoms with Crippen LogP contribution in [0.25, 0.3) is 0 Å². The van der Waals surface area contributed by atoms with Crippen molar-refractivity contribution in [3.8, 4) is 0 Å². The summed E-state index contributed by atoms with van der Waals surface area (Å²) < 4.78 is 13.6. The van der Waals surface area contributed by atoms with E-state index in [2.05, 4.69) is 16.8 Å².